The summed E-state index contributed by atoms with van der Waals surface area (Å²) in [5.41, 5.74) is 2.74. The molecular weight excluding hydrogens is 461 g/mol. The molecule has 0 spiro atoms. The van der Waals surface area contributed by atoms with Crippen LogP contribution in [-0.2, 0) is 11.2 Å². The first-order chi connectivity index (χ1) is 15.9. The third-order valence-corrected chi connectivity index (χ3v) is 6.66. The lowest BCUT2D eigenvalue weighted by Crippen LogP contribution is -2.21. The van der Waals surface area contributed by atoms with Gasteiger partial charge in [-0.2, -0.15) is 0 Å². The molecule has 6 nitrogen and oxygen atoms in total. The number of aromatic nitrogens is 3. The highest BCUT2D eigenvalue weighted by atomic mass is 35.5. The number of hydrogen-bond donors (Lipinski definition) is 2. The van der Waals surface area contributed by atoms with Crippen molar-refractivity contribution in [1.82, 2.24) is 14.9 Å². The Morgan fingerprint density at radius 1 is 1.12 bits per heavy atom. The van der Waals surface area contributed by atoms with Crippen LogP contribution in [0.15, 0.2) is 78.0 Å². The molecule has 0 aliphatic heterocycles. The van der Waals surface area contributed by atoms with Gasteiger partial charge in [0.2, 0.25) is 11.1 Å². The van der Waals surface area contributed by atoms with Gasteiger partial charge in [0.05, 0.1) is 0 Å². The van der Waals surface area contributed by atoms with E-state index in [0.29, 0.717) is 27.3 Å². The van der Waals surface area contributed by atoms with Crippen LogP contribution < -0.4 is 11.2 Å². The van der Waals surface area contributed by atoms with E-state index in [1.807, 2.05) is 43.3 Å². The molecule has 4 aromatic rings. The Bertz CT molecular complexity index is 1280. The number of nitrogens with zero attached hydrogens (tertiary/aromatic N) is 3. The van der Waals surface area contributed by atoms with Crippen LogP contribution in [0, 0.1) is 12.7 Å². The normalized spacial score (nSPS) is 11.8. The van der Waals surface area contributed by atoms with Crippen molar-refractivity contribution < 1.29 is 9.18 Å². The summed E-state index contributed by atoms with van der Waals surface area (Å²) in [5.74, 6) is 6.01. The molecule has 1 heterocycles. The predicted octanol–water partition coefficient (Wildman–Crippen LogP) is 5.16. The topological polar surface area (TPSA) is 85.8 Å². The summed E-state index contributed by atoms with van der Waals surface area (Å²) in [7, 11) is 0. The van der Waals surface area contributed by atoms with Crippen molar-refractivity contribution in [2.75, 3.05) is 11.2 Å². The molecule has 4 rings (SSSR count). The van der Waals surface area contributed by atoms with Gasteiger partial charge in [-0.15, -0.1) is 10.2 Å². The van der Waals surface area contributed by atoms with Gasteiger partial charge in [-0.1, -0.05) is 78.0 Å². The number of carbonyl (C=O) groups excluding carboxylic acids is 1. The summed E-state index contributed by atoms with van der Waals surface area (Å²) < 4.78 is 15.3. The zero-order valence-corrected chi connectivity index (χ0v) is 19.3. The molecule has 0 aliphatic rings. The Balaban J connectivity index is 1.58. The highest BCUT2D eigenvalue weighted by Gasteiger charge is 2.26. The molecule has 1 amide bonds. The second-order valence-electron chi connectivity index (χ2n) is 7.40. The van der Waals surface area contributed by atoms with Gasteiger partial charge in [0.15, 0.2) is 5.82 Å². The standard InChI is InChI=1S/C24H21ClFN5OS/c1-15-11-12-18(14-19(15)25)28-23(32)22(16-7-3-2-4-8-16)33-24-30-29-21(31(24)27)13-17-9-5-6-10-20(17)26/h2-12,14,22H,13,27H2,1H3,(H,28,32)/t22-/m1/s1. The lowest BCUT2D eigenvalue weighted by Gasteiger charge is -2.17. The molecule has 9 heteroatoms. The van der Waals surface area contributed by atoms with Crippen molar-refractivity contribution in [3.05, 3.63) is 106 Å². The summed E-state index contributed by atoms with van der Waals surface area (Å²) >= 11 is 7.37. The maximum atomic E-state index is 14.0. The molecule has 0 fully saturated rings. The molecule has 1 atom stereocenters. The number of thioether (sulfide) groups is 1. The maximum Gasteiger partial charge on any atom is 0.242 e. The molecular formula is C24H21ClFN5OS. The highest BCUT2D eigenvalue weighted by Crippen LogP contribution is 2.35. The van der Waals surface area contributed by atoms with Crippen LogP contribution in [0.25, 0.3) is 0 Å². The van der Waals surface area contributed by atoms with E-state index in [-0.39, 0.29) is 18.1 Å². The lowest BCUT2D eigenvalue weighted by molar-refractivity contribution is -0.115. The number of nitrogens with one attached hydrogen (secondary N) is 1. The van der Waals surface area contributed by atoms with E-state index >= 15 is 0 Å². The number of anilines is 1. The number of nitrogens with two attached hydrogens (primary N) is 1. The van der Waals surface area contributed by atoms with Crippen molar-refractivity contribution in [1.29, 1.82) is 0 Å². The predicted molar refractivity (Wildman–Crippen MR) is 129 cm³/mol. The Kier molecular flexibility index (Phi) is 6.96. The fraction of sp³-hybridized carbons (Fsp3) is 0.125. The Morgan fingerprint density at radius 3 is 2.58 bits per heavy atom. The highest BCUT2D eigenvalue weighted by molar-refractivity contribution is 8.00. The molecule has 168 valence electrons. The number of amides is 1. The van der Waals surface area contributed by atoms with Crippen LogP contribution in [0.1, 0.15) is 27.8 Å². The number of hydrogen-bond acceptors (Lipinski definition) is 5. The first kappa shape index (κ1) is 22.8. The van der Waals surface area contributed by atoms with E-state index in [1.165, 1.54) is 10.7 Å². The fourth-order valence-electron chi connectivity index (χ4n) is 3.20. The summed E-state index contributed by atoms with van der Waals surface area (Å²) in [4.78, 5) is 13.2. The van der Waals surface area contributed by atoms with Gasteiger partial charge >= 0.3 is 0 Å². The van der Waals surface area contributed by atoms with Crippen LogP contribution >= 0.6 is 23.4 Å². The molecule has 0 radical (unpaired) electrons. The largest absolute Gasteiger partial charge is 0.336 e. The molecule has 3 N–H and O–H groups in total. The SMILES string of the molecule is Cc1ccc(NC(=O)[C@H](Sc2nnc(Cc3ccccc3F)n2N)c2ccccc2)cc1Cl. The van der Waals surface area contributed by atoms with E-state index in [1.54, 1.807) is 30.3 Å². The van der Waals surface area contributed by atoms with Crippen molar-refractivity contribution >= 4 is 35.0 Å². The van der Waals surface area contributed by atoms with Crippen LogP contribution in [0.5, 0.6) is 0 Å². The quantitative estimate of drug-likeness (QED) is 0.281. The van der Waals surface area contributed by atoms with Crippen molar-refractivity contribution in [3.8, 4) is 0 Å². The average Bonchev–Trinajstić information content (AvgIpc) is 3.15. The van der Waals surface area contributed by atoms with Crippen LogP contribution in [0.4, 0.5) is 10.1 Å². The van der Waals surface area contributed by atoms with Gasteiger partial charge in [0.1, 0.15) is 11.1 Å². The monoisotopic (exact) mass is 481 g/mol. The van der Waals surface area contributed by atoms with E-state index in [0.717, 1.165) is 22.9 Å². The first-order valence-electron chi connectivity index (χ1n) is 10.1. The number of benzene rings is 3. The first-order valence-corrected chi connectivity index (χ1v) is 11.4. The van der Waals surface area contributed by atoms with Gasteiger partial charge < -0.3 is 11.2 Å². The van der Waals surface area contributed by atoms with Crippen molar-refractivity contribution in [2.45, 2.75) is 23.8 Å². The number of carbonyl (C=O) groups is 1. The van der Waals surface area contributed by atoms with Crippen LogP contribution in [-0.4, -0.2) is 20.8 Å². The summed E-state index contributed by atoms with van der Waals surface area (Å²) in [6.07, 6.45) is 0.181. The number of nitrogen functional groups attached to an aromatic ring is 1. The number of aryl methyl sites for hydroxylation is 1. The van der Waals surface area contributed by atoms with Gasteiger partial charge in [-0.3, -0.25) is 4.79 Å². The minimum Gasteiger partial charge on any atom is -0.336 e. The zero-order valence-electron chi connectivity index (χ0n) is 17.7. The van der Waals surface area contributed by atoms with E-state index < -0.39 is 5.25 Å². The Labute approximate surface area is 200 Å². The Hall–Kier alpha value is -3.36. The van der Waals surface area contributed by atoms with Crippen molar-refractivity contribution in [2.24, 2.45) is 0 Å². The van der Waals surface area contributed by atoms with Crippen LogP contribution in [0.2, 0.25) is 5.02 Å². The van der Waals surface area contributed by atoms with Crippen LogP contribution in [0.3, 0.4) is 0 Å². The molecule has 0 saturated carbocycles. The van der Waals surface area contributed by atoms with E-state index in [2.05, 4.69) is 15.5 Å². The fourth-order valence-corrected chi connectivity index (χ4v) is 4.36. The molecule has 3 aromatic carbocycles. The lowest BCUT2D eigenvalue weighted by atomic mass is 10.1. The molecule has 0 unspecified atom stereocenters. The third-order valence-electron chi connectivity index (χ3n) is 5.04. The number of halogens is 2. The Morgan fingerprint density at radius 2 is 1.85 bits per heavy atom. The minimum absolute atomic E-state index is 0.181. The third kappa shape index (κ3) is 5.35. The zero-order chi connectivity index (χ0) is 23.4. The maximum absolute atomic E-state index is 14.0. The summed E-state index contributed by atoms with van der Waals surface area (Å²) in [5, 5.41) is 11.4. The number of rotatable bonds is 7. The molecule has 0 aliphatic carbocycles. The smallest absolute Gasteiger partial charge is 0.242 e. The molecule has 0 saturated heterocycles. The van der Waals surface area contributed by atoms with Gasteiger partial charge in [0.25, 0.3) is 0 Å². The van der Waals surface area contributed by atoms with Gasteiger partial charge in [0, 0.05) is 17.1 Å². The van der Waals surface area contributed by atoms with Crippen molar-refractivity contribution in [3.63, 3.8) is 0 Å². The second-order valence-corrected chi connectivity index (χ2v) is 8.88. The van der Waals surface area contributed by atoms with E-state index in [4.69, 9.17) is 17.4 Å². The van der Waals surface area contributed by atoms with Gasteiger partial charge in [-0.05, 0) is 41.8 Å². The average molecular weight is 482 g/mol. The molecule has 1 aromatic heterocycles. The van der Waals surface area contributed by atoms with Gasteiger partial charge in [-0.25, -0.2) is 9.07 Å². The molecule has 33 heavy (non-hydrogen) atoms. The molecule has 0 bridgehead atoms. The summed E-state index contributed by atoms with van der Waals surface area (Å²) in [6.45, 7) is 1.89. The summed E-state index contributed by atoms with van der Waals surface area (Å²) in [6, 6.07) is 21.1. The van der Waals surface area contributed by atoms with E-state index in [9.17, 15) is 9.18 Å². The minimum atomic E-state index is -0.654. The second kappa shape index (κ2) is 10.1.